The molecular formula is C39H32. The minimum atomic E-state index is -0.408. The summed E-state index contributed by atoms with van der Waals surface area (Å²) in [6.45, 7) is 0. The third-order valence-corrected chi connectivity index (χ3v) is 7.91. The zero-order valence-electron chi connectivity index (χ0n) is 22.0. The summed E-state index contributed by atoms with van der Waals surface area (Å²) < 4.78 is 0. The molecule has 0 heteroatoms. The van der Waals surface area contributed by atoms with E-state index in [1.54, 1.807) is 0 Å². The van der Waals surface area contributed by atoms with Crippen LogP contribution in [0.2, 0.25) is 0 Å². The van der Waals surface area contributed by atoms with Gasteiger partial charge in [0.2, 0.25) is 0 Å². The Bertz CT molecular complexity index is 1530. The molecule has 0 aliphatic heterocycles. The van der Waals surface area contributed by atoms with Crippen molar-refractivity contribution in [3.63, 3.8) is 0 Å². The predicted octanol–water partition coefficient (Wildman–Crippen LogP) is 9.71. The number of rotatable bonds is 8. The Morgan fingerprint density at radius 2 is 0.744 bits per heavy atom. The minimum Gasteiger partial charge on any atom is -0.0622 e. The van der Waals surface area contributed by atoms with Gasteiger partial charge in [-0.3, -0.25) is 0 Å². The standard InChI is InChI=1S/C39H32/c1-6-16-31(17-7-1)30-38(34-20-10-3-11-21-34)39(35-22-12-4-13-23-35,36-24-14-5-15-25-36)37-28-26-33(27-29-37)32-18-8-2-9-19-32/h1-29,38H,30H2. The molecule has 0 spiro atoms. The minimum absolute atomic E-state index is 0.161. The zero-order valence-corrected chi connectivity index (χ0v) is 22.0. The van der Waals surface area contributed by atoms with Crippen molar-refractivity contribution in [3.05, 3.63) is 204 Å². The van der Waals surface area contributed by atoms with Crippen molar-refractivity contribution in [1.82, 2.24) is 0 Å². The summed E-state index contributed by atoms with van der Waals surface area (Å²) in [6.07, 6.45) is 0.912. The second-order valence-electron chi connectivity index (χ2n) is 10.1. The molecule has 188 valence electrons. The van der Waals surface area contributed by atoms with Crippen LogP contribution in [0.15, 0.2) is 176 Å². The van der Waals surface area contributed by atoms with E-state index < -0.39 is 5.41 Å². The SMILES string of the molecule is c1ccc(CC(c2ccccc2)C(c2ccccc2)(c2ccccc2)c2ccc(-c3ccccc3)cc2)cc1. The molecule has 0 nitrogen and oxygen atoms in total. The average Bonchev–Trinajstić information content (AvgIpc) is 3.04. The Morgan fingerprint density at radius 1 is 0.359 bits per heavy atom. The lowest BCUT2D eigenvalue weighted by molar-refractivity contribution is 0.475. The Balaban J connectivity index is 1.64. The first-order chi connectivity index (χ1) is 19.4. The van der Waals surface area contributed by atoms with Gasteiger partial charge < -0.3 is 0 Å². The Hall–Kier alpha value is -4.68. The molecule has 0 bridgehead atoms. The molecule has 0 N–H and O–H groups in total. The van der Waals surface area contributed by atoms with Crippen molar-refractivity contribution in [2.75, 3.05) is 0 Å². The fourth-order valence-corrected chi connectivity index (χ4v) is 6.12. The molecule has 1 atom stereocenters. The summed E-state index contributed by atoms with van der Waals surface area (Å²) in [5.74, 6) is 0.161. The maximum Gasteiger partial charge on any atom is 0.0522 e. The van der Waals surface area contributed by atoms with Crippen molar-refractivity contribution >= 4 is 0 Å². The van der Waals surface area contributed by atoms with Gasteiger partial charge >= 0.3 is 0 Å². The molecule has 6 aromatic carbocycles. The van der Waals surface area contributed by atoms with Crippen LogP contribution in [0.4, 0.5) is 0 Å². The molecule has 6 rings (SSSR count). The smallest absolute Gasteiger partial charge is 0.0522 e. The van der Waals surface area contributed by atoms with Gasteiger partial charge in [0.25, 0.3) is 0 Å². The lowest BCUT2D eigenvalue weighted by Gasteiger charge is -2.43. The fraction of sp³-hybridized carbons (Fsp3) is 0.0769. The van der Waals surface area contributed by atoms with Crippen LogP contribution in [0, 0.1) is 0 Å². The molecule has 0 aromatic heterocycles. The van der Waals surface area contributed by atoms with Gasteiger partial charge in [-0.2, -0.15) is 0 Å². The van der Waals surface area contributed by atoms with Crippen LogP contribution in [0.3, 0.4) is 0 Å². The first-order valence-electron chi connectivity index (χ1n) is 13.7. The van der Waals surface area contributed by atoms with Gasteiger partial charge in [0.1, 0.15) is 0 Å². The van der Waals surface area contributed by atoms with Crippen LogP contribution in [-0.2, 0) is 11.8 Å². The van der Waals surface area contributed by atoms with Crippen LogP contribution in [0.5, 0.6) is 0 Å². The van der Waals surface area contributed by atoms with Crippen LogP contribution in [0.25, 0.3) is 11.1 Å². The fourth-order valence-electron chi connectivity index (χ4n) is 6.12. The zero-order chi connectivity index (χ0) is 26.3. The predicted molar refractivity (Wildman–Crippen MR) is 164 cm³/mol. The maximum absolute atomic E-state index is 2.35. The summed E-state index contributed by atoms with van der Waals surface area (Å²) in [5, 5.41) is 0. The molecule has 1 unspecified atom stereocenters. The number of benzene rings is 6. The molecule has 0 amide bonds. The number of hydrogen-bond acceptors (Lipinski definition) is 0. The van der Waals surface area contributed by atoms with Crippen molar-refractivity contribution in [2.45, 2.75) is 17.8 Å². The normalized spacial score (nSPS) is 12.1. The Labute approximate surface area is 232 Å². The van der Waals surface area contributed by atoms with E-state index in [9.17, 15) is 0 Å². The molecule has 0 fully saturated rings. The highest BCUT2D eigenvalue weighted by molar-refractivity contribution is 5.65. The molecule has 0 saturated heterocycles. The maximum atomic E-state index is 2.35. The molecule has 39 heavy (non-hydrogen) atoms. The summed E-state index contributed by atoms with van der Waals surface area (Å²) >= 11 is 0. The van der Waals surface area contributed by atoms with E-state index in [4.69, 9.17) is 0 Å². The second-order valence-corrected chi connectivity index (χ2v) is 10.1. The van der Waals surface area contributed by atoms with Crippen molar-refractivity contribution in [3.8, 4) is 11.1 Å². The first kappa shape index (κ1) is 24.6. The highest BCUT2D eigenvalue weighted by atomic mass is 14.5. The molecule has 0 saturated carbocycles. The van der Waals surface area contributed by atoms with Gasteiger partial charge in [-0.1, -0.05) is 176 Å². The van der Waals surface area contributed by atoms with Crippen molar-refractivity contribution < 1.29 is 0 Å². The van der Waals surface area contributed by atoms with Gasteiger partial charge in [0.05, 0.1) is 5.41 Å². The van der Waals surface area contributed by atoms with Crippen LogP contribution >= 0.6 is 0 Å². The van der Waals surface area contributed by atoms with Gasteiger partial charge in [-0.25, -0.2) is 0 Å². The highest BCUT2D eigenvalue weighted by Crippen LogP contribution is 2.51. The second kappa shape index (κ2) is 11.4. The van der Waals surface area contributed by atoms with E-state index in [1.165, 1.54) is 38.9 Å². The van der Waals surface area contributed by atoms with Crippen molar-refractivity contribution in [2.24, 2.45) is 0 Å². The third kappa shape index (κ3) is 4.94. The summed E-state index contributed by atoms with van der Waals surface area (Å²) in [4.78, 5) is 0. The van der Waals surface area contributed by atoms with Gasteiger partial charge in [-0.15, -0.1) is 0 Å². The van der Waals surface area contributed by atoms with E-state index in [0.29, 0.717) is 0 Å². The summed E-state index contributed by atoms with van der Waals surface area (Å²) in [5.41, 5.74) is 8.62. The first-order valence-corrected chi connectivity index (χ1v) is 13.7. The molecular weight excluding hydrogens is 468 g/mol. The largest absolute Gasteiger partial charge is 0.0622 e. The molecule has 0 aliphatic rings. The molecule has 0 radical (unpaired) electrons. The molecule has 6 aromatic rings. The topological polar surface area (TPSA) is 0 Å². The Morgan fingerprint density at radius 3 is 1.26 bits per heavy atom. The van der Waals surface area contributed by atoms with Crippen LogP contribution in [-0.4, -0.2) is 0 Å². The summed E-state index contributed by atoms with van der Waals surface area (Å²) in [7, 11) is 0. The van der Waals surface area contributed by atoms with Gasteiger partial charge in [0, 0.05) is 5.92 Å². The van der Waals surface area contributed by atoms with E-state index >= 15 is 0 Å². The average molecular weight is 501 g/mol. The number of hydrogen-bond donors (Lipinski definition) is 0. The Kier molecular flexibility index (Phi) is 7.19. The van der Waals surface area contributed by atoms with Crippen LogP contribution in [0.1, 0.15) is 33.7 Å². The van der Waals surface area contributed by atoms with Gasteiger partial charge in [0.15, 0.2) is 0 Å². The van der Waals surface area contributed by atoms with Gasteiger partial charge in [-0.05, 0) is 45.4 Å². The summed E-state index contributed by atoms with van der Waals surface area (Å²) in [6, 6.07) is 64.1. The molecule has 0 heterocycles. The van der Waals surface area contributed by atoms with E-state index in [-0.39, 0.29) is 5.92 Å². The third-order valence-electron chi connectivity index (χ3n) is 7.91. The molecule has 0 aliphatic carbocycles. The van der Waals surface area contributed by atoms with Crippen LogP contribution < -0.4 is 0 Å². The van der Waals surface area contributed by atoms with E-state index in [0.717, 1.165) is 6.42 Å². The van der Waals surface area contributed by atoms with E-state index in [2.05, 4.69) is 176 Å². The highest BCUT2D eigenvalue weighted by Gasteiger charge is 2.44. The van der Waals surface area contributed by atoms with Crippen molar-refractivity contribution in [1.29, 1.82) is 0 Å². The quantitative estimate of drug-likeness (QED) is 0.182. The monoisotopic (exact) mass is 500 g/mol. The lowest BCUT2D eigenvalue weighted by Crippen LogP contribution is -2.38. The van der Waals surface area contributed by atoms with E-state index in [1.807, 2.05) is 0 Å². The lowest BCUT2D eigenvalue weighted by atomic mass is 9.58.